The van der Waals surface area contributed by atoms with Gasteiger partial charge in [0.1, 0.15) is 5.60 Å². The van der Waals surface area contributed by atoms with Crippen LogP contribution in [0.4, 0.5) is 22.0 Å². The second-order valence-electron chi connectivity index (χ2n) is 11.5. The number of carbonyl (C=O) groups excluding carboxylic acids is 1. The van der Waals surface area contributed by atoms with Crippen LogP contribution in [0.5, 0.6) is 0 Å². The molecular weight excluding hydrogens is 513 g/mol. The Labute approximate surface area is 224 Å². The van der Waals surface area contributed by atoms with E-state index in [-0.39, 0.29) is 24.5 Å². The minimum atomic E-state index is -5.87. The van der Waals surface area contributed by atoms with E-state index in [0.717, 1.165) is 27.8 Å². The van der Waals surface area contributed by atoms with E-state index in [1.807, 2.05) is 30.3 Å². The van der Waals surface area contributed by atoms with Crippen molar-refractivity contribution < 1.29 is 31.9 Å². The Morgan fingerprint density at radius 2 is 1.77 bits per heavy atom. The van der Waals surface area contributed by atoms with Crippen LogP contribution in [0, 0.1) is 28.6 Å². The monoisotopic (exact) mass is 543 g/mol. The maximum atomic E-state index is 15.1. The molecule has 5 rings (SSSR count). The number of alkyl halides is 5. The molecule has 1 aromatic carbocycles. The van der Waals surface area contributed by atoms with Crippen molar-refractivity contribution in [3.05, 3.63) is 76.4 Å². The molecule has 0 saturated heterocycles. The van der Waals surface area contributed by atoms with E-state index < -0.39 is 41.4 Å². The predicted octanol–water partition coefficient (Wildman–Crippen LogP) is 7.61. The molecule has 2 unspecified atom stereocenters. The van der Waals surface area contributed by atoms with Gasteiger partial charge >= 0.3 is 12.1 Å². The van der Waals surface area contributed by atoms with Gasteiger partial charge in [-0.2, -0.15) is 27.2 Å². The molecule has 1 aromatic rings. The molecular formula is C31H30F5NO2. The highest BCUT2D eigenvalue weighted by Crippen LogP contribution is 2.70. The number of aliphatic hydroxyl groups is 1. The van der Waals surface area contributed by atoms with Gasteiger partial charge in [-0.1, -0.05) is 55.0 Å². The number of nitrogens with zero attached hydrogens (tertiary/aromatic N) is 1. The molecule has 0 spiro atoms. The smallest absolute Gasteiger partial charge is 0.383 e. The molecule has 39 heavy (non-hydrogen) atoms. The van der Waals surface area contributed by atoms with Gasteiger partial charge in [0.05, 0.1) is 6.07 Å². The Morgan fingerprint density at radius 1 is 1.05 bits per heavy atom. The van der Waals surface area contributed by atoms with Crippen LogP contribution in [0.15, 0.2) is 65.3 Å². The summed E-state index contributed by atoms with van der Waals surface area (Å²) in [5, 5.41) is 20.0. The van der Waals surface area contributed by atoms with Gasteiger partial charge < -0.3 is 5.11 Å². The Bertz CT molecular complexity index is 1330. The maximum absolute atomic E-state index is 15.1. The lowest BCUT2D eigenvalue weighted by atomic mass is 9.50. The van der Waals surface area contributed by atoms with Crippen molar-refractivity contribution in [2.24, 2.45) is 17.3 Å². The molecule has 4 aliphatic rings. The zero-order valence-electron chi connectivity index (χ0n) is 21.6. The first kappa shape index (κ1) is 27.5. The van der Waals surface area contributed by atoms with E-state index in [1.165, 1.54) is 13.0 Å². The first-order chi connectivity index (χ1) is 18.3. The number of benzene rings is 1. The highest BCUT2D eigenvalue weighted by atomic mass is 19.4. The second-order valence-corrected chi connectivity index (χ2v) is 11.5. The van der Waals surface area contributed by atoms with E-state index in [9.17, 15) is 23.1 Å². The van der Waals surface area contributed by atoms with Crippen LogP contribution in [0.3, 0.4) is 0 Å². The molecule has 2 fully saturated rings. The summed E-state index contributed by atoms with van der Waals surface area (Å²) in [6.45, 7) is 1.42. The van der Waals surface area contributed by atoms with Gasteiger partial charge in [0, 0.05) is 23.8 Å². The van der Waals surface area contributed by atoms with Gasteiger partial charge in [0.2, 0.25) is 0 Å². The number of hydrogen-bond donors (Lipinski definition) is 1. The molecule has 8 heteroatoms. The Balaban J connectivity index is 1.62. The summed E-state index contributed by atoms with van der Waals surface area (Å²) in [6, 6.07) is 9.30. The summed E-state index contributed by atoms with van der Waals surface area (Å²) in [5.74, 6) is -6.44. The van der Waals surface area contributed by atoms with Crippen molar-refractivity contribution in [2.45, 2.75) is 75.5 Å². The van der Waals surface area contributed by atoms with E-state index >= 15 is 8.78 Å². The Kier molecular flexibility index (Phi) is 6.74. The Hall–Kier alpha value is -3.05. The quantitative estimate of drug-likeness (QED) is 0.242. The van der Waals surface area contributed by atoms with Crippen LogP contribution < -0.4 is 0 Å². The first-order valence-corrected chi connectivity index (χ1v) is 13.3. The number of carbonyl (C=O) groups is 1. The fraction of sp³-hybridized carbons (Fsp3) is 0.484. The molecule has 0 aromatic heterocycles. The van der Waals surface area contributed by atoms with Crippen molar-refractivity contribution in [3.63, 3.8) is 0 Å². The summed E-state index contributed by atoms with van der Waals surface area (Å²) < 4.78 is 71.2. The van der Waals surface area contributed by atoms with Gasteiger partial charge in [-0.25, -0.2) is 0 Å². The standard InChI is InChI=1S/C31H30F5NO2/c1-28-18-25(20-8-6-19(7-9-20)5-3-2-4-16-37)27-23-13-11-22(38)17-21(23)10-12-24(27)26(28)14-15-29(28,39)30(32,33)31(34,35)36/h2-9,17,24-26,39H,10-15,18H2,1H3/b4-2+,5-3+/t24?,25-,26?,28+,29+/m1/s1. The molecule has 0 amide bonds. The fourth-order valence-corrected chi connectivity index (χ4v) is 7.82. The minimum Gasteiger partial charge on any atom is -0.383 e. The third-order valence-electron chi connectivity index (χ3n) is 9.67. The van der Waals surface area contributed by atoms with E-state index in [1.54, 1.807) is 24.3 Å². The lowest BCUT2D eigenvalue weighted by Gasteiger charge is -2.56. The highest BCUT2D eigenvalue weighted by molar-refractivity contribution is 5.93. The van der Waals surface area contributed by atoms with Crippen LogP contribution >= 0.6 is 0 Å². The number of halogens is 5. The van der Waals surface area contributed by atoms with Gasteiger partial charge in [-0.15, -0.1) is 0 Å². The Morgan fingerprint density at radius 3 is 2.44 bits per heavy atom. The fourth-order valence-electron chi connectivity index (χ4n) is 7.82. The van der Waals surface area contributed by atoms with Crippen LogP contribution in [0.25, 0.3) is 6.08 Å². The third kappa shape index (κ3) is 4.21. The molecule has 0 heterocycles. The normalized spacial score (nSPS) is 33.1. The van der Waals surface area contributed by atoms with Crippen molar-refractivity contribution in [1.82, 2.24) is 0 Å². The molecule has 0 aliphatic heterocycles. The second kappa shape index (κ2) is 9.55. The average Bonchev–Trinajstić information content (AvgIpc) is 3.17. The molecule has 1 N–H and O–H groups in total. The summed E-state index contributed by atoms with van der Waals surface area (Å²) >= 11 is 0. The lowest BCUT2D eigenvalue weighted by molar-refractivity contribution is -0.362. The predicted molar refractivity (Wildman–Crippen MR) is 136 cm³/mol. The number of ketones is 1. The van der Waals surface area contributed by atoms with Crippen molar-refractivity contribution >= 4 is 11.9 Å². The van der Waals surface area contributed by atoms with Crippen LogP contribution in [0.2, 0.25) is 0 Å². The van der Waals surface area contributed by atoms with Crippen LogP contribution in [-0.2, 0) is 4.79 Å². The number of hydrogen-bond acceptors (Lipinski definition) is 3. The van der Waals surface area contributed by atoms with Crippen molar-refractivity contribution in [2.75, 3.05) is 0 Å². The summed E-state index contributed by atoms with van der Waals surface area (Å²) in [6.07, 6.45) is 3.66. The molecule has 4 aliphatic carbocycles. The number of nitriles is 1. The van der Waals surface area contributed by atoms with E-state index in [0.29, 0.717) is 25.7 Å². The van der Waals surface area contributed by atoms with Gasteiger partial charge in [0.15, 0.2) is 5.78 Å². The van der Waals surface area contributed by atoms with Crippen molar-refractivity contribution in [1.29, 1.82) is 5.26 Å². The largest absolute Gasteiger partial charge is 0.456 e. The molecule has 0 bridgehead atoms. The molecule has 3 nitrogen and oxygen atoms in total. The SMILES string of the molecule is C[C@]12C[C@H](c3ccc(/C=C/C=C/C#N)cc3)C3=C4CCC(=O)C=C4CCC3C1CC[C@@]2(O)C(F)(F)C(F)(F)F. The number of allylic oxidation sites excluding steroid dienone is 7. The van der Waals surface area contributed by atoms with Gasteiger partial charge in [-0.3, -0.25) is 4.79 Å². The third-order valence-corrected chi connectivity index (χ3v) is 9.67. The molecule has 206 valence electrons. The number of rotatable bonds is 4. The van der Waals surface area contributed by atoms with Gasteiger partial charge in [0.25, 0.3) is 0 Å². The summed E-state index contributed by atoms with van der Waals surface area (Å²) in [5.41, 5.74) is -0.227. The number of fused-ring (bicyclic) bond motifs is 4. The zero-order valence-corrected chi connectivity index (χ0v) is 21.6. The molecule has 5 atom stereocenters. The van der Waals surface area contributed by atoms with E-state index in [4.69, 9.17) is 5.26 Å². The summed E-state index contributed by atoms with van der Waals surface area (Å²) in [7, 11) is 0. The molecule has 0 radical (unpaired) electrons. The average molecular weight is 544 g/mol. The zero-order chi connectivity index (χ0) is 28.2. The lowest BCUT2D eigenvalue weighted by Crippen LogP contribution is -2.65. The van der Waals surface area contributed by atoms with Crippen molar-refractivity contribution in [3.8, 4) is 6.07 Å². The van der Waals surface area contributed by atoms with Gasteiger partial charge in [-0.05, 0) is 78.7 Å². The van der Waals surface area contributed by atoms with Crippen LogP contribution in [0.1, 0.15) is 68.9 Å². The summed E-state index contributed by atoms with van der Waals surface area (Å²) in [4.78, 5) is 12.2. The topological polar surface area (TPSA) is 61.1 Å². The minimum absolute atomic E-state index is 0.0451. The highest BCUT2D eigenvalue weighted by Gasteiger charge is 2.79. The first-order valence-electron chi connectivity index (χ1n) is 13.3. The maximum Gasteiger partial charge on any atom is 0.456 e. The van der Waals surface area contributed by atoms with Crippen LogP contribution in [-0.4, -0.2) is 28.6 Å². The van der Waals surface area contributed by atoms with E-state index in [2.05, 4.69) is 0 Å². The molecule has 2 saturated carbocycles.